The van der Waals surface area contributed by atoms with Gasteiger partial charge in [0.05, 0.1) is 25.0 Å². The molecule has 1 aromatic carbocycles. The van der Waals surface area contributed by atoms with Crippen molar-refractivity contribution in [3.8, 4) is 11.8 Å². The lowest BCUT2D eigenvalue weighted by molar-refractivity contribution is -0.121. The van der Waals surface area contributed by atoms with Crippen molar-refractivity contribution in [2.45, 2.75) is 19.3 Å². The molecule has 1 aliphatic rings. The number of nitriles is 1. The molecule has 1 fully saturated rings. The van der Waals surface area contributed by atoms with Crippen LogP contribution in [0, 0.1) is 30.1 Å². The van der Waals surface area contributed by atoms with E-state index in [4.69, 9.17) is 9.15 Å². The molecule has 2 aromatic rings. The zero-order valence-corrected chi connectivity index (χ0v) is 13.5. The summed E-state index contributed by atoms with van der Waals surface area (Å²) in [5.74, 6) is -1.08. The van der Waals surface area contributed by atoms with Crippen molar-refractivity contribution in [1.82, 2.24) is 0 Å². The van der Waals surface area contributed by atoms with E-state index >= 15 is 0 Å². The van der Waals surface area contributed by atoms with E-state index in [1.807, 2.05) is 30.3 Å². The highest BCUT2D eigenvalue weighted by Gasteiger charge is 2.48. The predicted molar refractivity (Wildman–Crippen MR) is 85.7 cm³/mol. The monoisotopic (exact) mass is 323 g/mol. The lowest BCUT2D eigenvalue weighted by Gasteiger charge is -2.07. The second-order valence-electron chi connectivity index (χ2n) is 5.94. The van der Waals surface area contributed by atoms with Gasteiger partial charge in [0.2, 0.25) is 0 Å². The van der Waals surface area contributed by atoms with Crippen LogP contribution in [-0.4, -0.2) is 18.7 Å². The van der Waals surface area contributed by atoms with Crippen molar-refractivity contribution in [3.05, 3.63) is 53.5 Å². The number of ketones is 2. The van der Waals surface area contributed by atoms with Crippen LogP contribution < -0.4 is 4.74 Å². The third kappa shape index (κ3) is 2.83. The van der Waals surface area contributed by atoms with E-state index in [2.05, 4.69) is 0 Å². The van der Waals surface area contributed by atoms with E-state index in [0.29, 0.717) is 17.7 Å². The van der Waals surface area contributed by atoms with Crippen molar-refractivity contribution >= 4 is 11.6 Å². The molecule has 3 rings (SSSR count). The summed E-state index contributed by atoms with van der Waals surface area (Å²) in [6, 6.07) is 10.9. The van der Waals surface area contributed by atoms with Crippen LogP contribution in [0.4, 0.5) is 0 Å². The van der Waals surface area contributed by atoms with Gasteiger partial charge < -0.3 is 9.15 Å². The van der Waals surface area contributed by atoms with Gasteiger partial charge in [0.25, 0.3) is 0 Å². The van der Waals surface area contributed by atoms with Crippen LogP contribution in [0.1, 0.15) is 34.0 Å². The Hall–Kier alpha value is -2.87. The van der Waals surface area contributed by atoms with Gasteiger partial charge in [-0.3, -0.25) is 9.59 Å². The molecule has 122 valence electrons. The van der Waals surface area contributed by atoms with Crippen LogP contribution in [0.25, 0.3) is 0 Å². The highest BCUT2D eigenvalue weighted by atomic mass is 16.5. The van der Waals surface area contributed by atoms with Gasteiger partial charge in [-0.1, -0.05) is 12.1 Å². The molecule has 1 aliphatic carbocycles. The zero-order chi connectivity index (χ0) is 17.3. The number of ether oxygens (including phenoxy) is 1. The van der Waals surface area contributed by atoms with Gasteiger partial charge in [-0.15, -0.1) is 0 Å². The molecular formula is C19H17NO4. The van der Waals surface area contributed by atoms with E-state index in [1.165, 1.54) is 12.3 Å². The van der Waals surface area contributed by atoms with Gasteiger partial charge in [-0.2, -0.15) is 5.26 Å². The Balaban J connectivity index is 1.73. The summed E-state index contributed by atoms with van der Waals surface area (Å²) in [6.07, 6.45) is 2.06. The predicted octanol–water partition coefficient (Wildman–Crippen LogP) is 3.29. The summed E-state index contributed by atoms with van der Waals surface area (Å²) in [6.45, 7) is 1.64. The van der Waals surface area contributed by atoms with Crippen LogP contribution in [0.3, 0.4) is 0 Å². The fraction of sp³-hybridized carbons (Fsp3) is 0.316. The summed E-state index contributed by atoms with van der Waals surface area (Å²) in [7, 11) is 1.60. The molecule has 1 saturated carbocycles. The van der Waals surface area contributed by atoms with Crippen LogP contribution in [0.5, 0.6) is 5.75 Å². The molecule has 0 N–H and O–H groups in total. The third-order valence-corrected chi connectivity index (χ3v) is 4.50. The Morgan fingerprint density at radius 2 is 2.00 bits per heavy atom. The van der Waals surface area contributed by atoms with Gasteiger partial charge in [0.1, 0.15) is 11.5 Å². The number of furan rings is 1. The molecule has 0 amide bonds. The van der Waals surface area contributed by atoms with E-state index in [9.17, 15) is 14.9 Å². The molecule has 5 heteroatoms. The SMILES string of the molecule is COc1ccc([C@@H]2C[C@H]2C(=O)[C@H](C#N)C(=O)c2ccoc2C)cc1. The second kappa shape index (κ2) is 6.32. The summed E-state index contributed by atoms with van der Waals surface area (Å²) in [4.78, 5) is 25.0. The van der Waals surface area contributed by atoms with Crippen molar-refractivity contribution in [2.24, 2.45) is 11.8 Å². The molecule has 0 spiro atoms. The van der Waals surface area contributed by atoms with Crippen LogP contribution in [0.2, 0.25) is 0 Å². The van der Waals surface area contributed by atoms with Crippen molar-refractivity contribution in [3.63, 3.8) is 0 Å². The van der Waals surface area contributed by atoms with Crippen LogP contribution >= 0.6 is 0 Å². The minimum Gasteiger partial charge on any atom is -0.497 e. The normalized spacial score (nSPS) is 20.0. The van der Waals surface area contributed by atoms with Gasteiger partial charge in [-0.05, 0) is 43.0 Å². The summed E-state index contributed by atoms with van der Waals surface area (Å²) in [5.41, 5.74) is 1.33. The number of aryl methyl sites for hydroxylation is 1. The second-order valence-corrected chi connectivity index (χ2v) is 5.94. The number of methoxy groups -OCH3 is 1. The molecule has 0 bridgehead atoms. The highest BCUT2D eigenvalue weighted by Crippen LogP contribution is 2.49. The van der Waals surface area contributed by atoms with Gasteiger partial charge in [0, 0.05) is 5.92 Å². The Morgan fingerprint density at radius 1 is 1.29 bits per heavy atom. The number of hydrogen-bond acceptors (Lipinski definition) is 5. The average Bonchev–Trinajstić information content (AvgIpc) is 3.29. The first kappa shape index (κ1) is 16.0. The molecule has 0 aliphatic heterocycles. The molecule has 24 heavy (non-hydrogen) atoms. The molecule has 3 atom stereocenters. The van der Waals surface area contributed by atoms with E-state index in [0.717, 1.165) is 11.3 Å². The van der Waals surface area contributed by atoms with Gasteiger partial charge in [-0.25, -0.2) is 0 Å². The van der Waals surface area contributed by atoms with Gasteiger partial charge >= 0.3 is 0 Å². The fourth-order valence-electron chi connectivity index (χ4n) is 2.99. The van der Waals surface area contributed by atoms with Crippen molar-refractivity contribution in [2.75, 3.05) is 7.11 Å². The lowest BCUT2D eigenvalue weighted by atomic mass is 9.91. The zero-order valence-electron chi connectivity index (χ0n) is 13.5. The van der Waals surface area contributed by atoms with Crippen molar-refractivity contribution < 1.29 is 18.7 Å². The Morgan fingerprint density at radius 3 is 2.54 bits per heavy atom. The quantitative estimate of drug-likeness (QED) is 0.602. The molecule has 0 unspecified atom stereocenters. The lowest BCUT2D eigenvalue weighted by Crippen LogP contribution is -2.24. The fourth-order valence-corrected chi connectivity index (χ4v) is 2.99. The third-order valence-electron chi connectivity index (χ3n) is 4.50. The maximum Gasteiger partial charge on any atom is 0.191 e. The van der Waals surface area contributed by atoms with Crippen molar-refractivity contribution in [1.29, 1.82) is 5.26 Å². The standard InChI is InChI=1S/C19H17NO4/c1-11-14(7-8-24-11)18(21)17(10-20)19(22)16-9-15(16)12-3-5-13(23-2)6-4-12/h3-8,15-17H,9H2,1-2H3/t15-,16+,17+/m0/s1. The molecule has 1 aromatic heterocycles. The summed E-state index contributed by atoms with van der Waals surface area (Å²) in [5, 5.41) is 9.32. The molecule has 5 nitrogen and oxygen atoms in total. The minimum atomic E-state index is -1.27. The smallest absolute Gasteiger partial charge is 0.191 e. The number of carbonyl (C=O) groups is 2. The summed E-state index contributed by atoms with van der Waals surface area (Å²) >= 11 is 0. The first-order valence-electron chi connectivity index (χ1n) is 7.72. The number of rotatable bonds is 6. The Labute approximate surface area is 139 Å². The van der Waals surface area contributed by atoms with E-state index < -0.39 is 11.7 Å². The molecule has 1 heterocycles. The molecular weight excluding hydrogens is 306 g/mol. The maximum absolute atomic E-state index is 12.6. The first-order chi connectivity index (χ1) is 11.6. The highest BCUT2D eigenvalue weighted by molar-refractivity contribution is 6.14. The number of hydrogen-bond donors (Lipinski definition) is 0. The van der Waals surface area contributed by atoms with Crippen LogP contribution in [0.15, 0.2) is 41.0 Å². The molecule has 0 saturated heterocycles. The van der Waals surface area contributed by atoms with E-state index in [1.54, 1.807) is 14.0 Å². The Bertz CT molecular complexity index is 813. The molecule has 0 radical (unpaired) electrons. The number of nitrogens with zero attached hydrogens (tertiary/aromatic N) is 1. The maximum atomic E-state index is 12.6. The largest absolute Gasteiger partial charge is 0.497 e. The van der Waals surface area contributed by atoms with Crippen LogP contribution in [-0.2, 0) is 4.79 Å². The topological polar surface area (TPSA) is 80.3 Å². The van der Waals surface area contributed by atoms with E-state index in [-0.39, 0.29) is 17.6 Å². The minimum absolute atomic E-state index is 0.0671. The Kier molecular flexibility index (Phi) is 4.22. The first-order valence-corrected chi connectivity index (χ1v) is 7.72. The number of benzene rings is 1. The van der Waals surface area contributed by atoms with Gasteiger partial charge in [0.15, 0.2) is 17.5 Å². The summed E-state index contributed by atoms with van der Waals surface area (Å²) < 4.78 is 10.2. The number of Topliss-reactive ketones (excluding diaryl/α,β-unsaturated/α-hetero) is 2. The average molecular weight is 323 g/mol. The number of carbonyl (C=O) groups excluding carboxylic acids is 2.